The molecule has 0 aliphatic heterocycles. The first kappa shape index (κ1) is 14.6. The number of carbonyl (C=O) groups excluding carboxylic acids is 1. The van der Waals surface area contributed by atoms with Gasteiger partial charge in [-0.05, 0) is 18.2 Å². The highest BCUT2D eigenvalue weighted by molar-refractivity contribution is 5.82. The normalized spacial score (nSPS) is 11.3. The Kier molecular flexibility index (Phi) is 4.57. The Balaban J connectivity index is 2.32. The molecule has 0 fully saturated rings. The van der Waals surface area contributed by atoms with E-state index in [0.717, 1.165) is 5.56 Å². The number of amides is 1. The van der Waals surface area contributed by atoms with Gasteiger partial charge in [0.05, 0.1) is 11.6 Å². The van der Waals surface area contributed by atoms with Gasteiger partial charge in [-0.2, -0.15) is 5.26 Å². The van der Waals surface area contributed by atoms with E-state index >= 15 is 0 Å². The van der Waals surface area contributed by atoms with Crippen molar-refractivity contribution in [3.8, 4) is 11.8 Å². The number of carbonyl (C=O) groups is 1. The van der Waals surface area contributed by atoms with Crippen LogP contribution in [0.4, 0.5) is 0 Å². The molecule has 0 aromatic heterocycles. The molecule has 0 aliphatic carbocycles. The van der Waals surface area contributed by atoms with Crippen molar-refractivity contribution >= 4 is 5.91 Å². The maximum absolute atomic E-state index is 12.3. The number of nitriles is 1. The molecule has 2 aromatic rings. The van der Waals surface area contributed by atoms with E-state index in [9.17, 15) is 4.79 Å². The van der Waals surface area contributed by atoms with Crippen molar-refractivity contribution < 1.29 is 9.53 Å². The third kappa shape index (κ3) is 3.61. The van der Waals surface area contributed by atoms with Crippen LogP contribution in [0.1, 0.15) is 17.2 Å². The van der Waals surface area contributed by atoms with Gasteiger partial charge in [0.25, 0.3) is 5.91 Å². The second-order valence-corrected chi connectivity index (χ2v) is 4.78. The zero-order valence-corrected chi connectivity index (χ0v) is 12.0. The molecule has 0 heterocycles. The fourth-order valence-electron chi connectivity index (χ4n) is 1.90. The van der Waals surface area contributed by atoms with Crippen LogP contribution in [0.25, 0.3) is 0 Å². The minimum atomic E-state index is -0.727. The molecule has 0 N–H and O–H groups in total. The SMILES string of the molecule is CN(C)C(=O)[C@H](Oc1cccc(C#N)c1)c1ccccc1. The van der Waals surface area contributed by atoms with Crippen molar-refractivity contribution in [2.45, 2.75) is 6.10 Å². The van der Waals surface area contributed by atoms with Crippen LogP contribution < -0.4 is 4.74 Å². The molecule has 0 spiro atoms. The maximum atomic E-state index is 12.3. The van der Waals surface area contributed by atoms with E-state index in [0.29, 0.717) is 11.3 Å². The van der Waals surface area contributed by atoms with E-state index in [2.05, 4.69) is 6.07 Å². The van der Waals surface area contributed by atoms with Crippen LogP contribution in [-0.2, 0) is 4.79 Å². The number of nitrogens with zero attached hydrogens (tertiary/aromatic N) is 2. The molecule has 0 saturated carbocycles. The van der Waals surface area contributed by atoms with Crippen LogP contribution >= 0.6 is 0 Å². The van der Waals surface area contributed by atoms with Crippen LogP contribution in [-0.4, -0.2) is 24.9 Å². The van der Waals surface area contributed by atoms with Crippen LogP contribution in [0.15, 0.2) is 54.6 Å². The number of hydrogen-bond donors (Lipinski definition) is 0. The number of ether oxygens (including phenoxy) is 1. The number of benzene rings is 2. The lowest BCUT2D eigenvalue weighted by atomic mass is 10.1. The molecule has 0 unspecified atom stereocenters. The number of hydrogen-bond acceptors (Lipinski definition) is 3. The molecule has 0 aliphatic rings. The molecule has 2 rings (SSSR count). The van der Waals surface area contributed by atoms with Gasteiger partial charge in [-0.3, -0.25) is 4.79 Å². The monoisotopic (exact) mass is 280 g/mol. The fourth-order valence-corrected chi connectivity index (χ4v) is 1.90. The Hall–Kier alpha value is -2.80. The van der Waals surface area contributed by atoms with E-state index in [1.165, 1.54) is 4.90 Å². The Morgan fingerprint density at radius 3 is 2.48 bits per heavy atom. The predicted octanol–water partition coefficient (Wildman–Crippen LogP) is 2.77. The molecule has 0 radical (unpaired) electrons. The van der Waals surface area contributed by atoms with Crippen molar-refractivity contribution in [2.75, 3.05) is 14.1 Å². The topological polar surface area (TPSA) is 53.3 Å². The molecule has 1 amide bonds. The molecule has 4 heteroatoms. The van der Waals surface area contributed by atoms with Crippen molar-refractivity contribution in [1.29, 1.82) is 5.26 Å². The lowest BCUT2D eigenvalue weighted by molar-refractivity contribution is -0.136. The predicted molar refractivity (Wildman–Crippen MR) is 79.7 cm³/mol. The van der Waals surface area contributed by atoms with Crippen LogP contribution in [0.3, 0.4) is 0 Å². The summed E-state index contributed by atoms with van der Waals surface area (Å²) in [6, 6.07) is 18.1. The third-order valence-corrected chi connectivity index (χ3v) is 2.98. The van der Waals surface area contributed by atoms with Crippen molar-refractivity contribution in [3.05, 3.63) is 65.7 Å². The summed E-state index contributed by atoms with van der Waals surface area (Å²) in [5.74, 6) is 0.349. The average Bonchev–Trinajstić information content (AvgIpc) is 2.53. The molecule has 1 atom stereocenters. The summed E-state index contributed by atoms with van der Waals surface area (Å²) < 4.78 is 5.82. The quantitative estimate of drug-likeness (QED) is 0.865. The van der Waals surface area contributed by atoms with Gasteiger partial charge in [-0.25, -0.2) is 0 Å². The smallest absolute Gasteiger partial charge is 0.267 e. The summed E-state index contributed by atoms with van der Waals surface area (Å²) in [6.45, 7) is 0. The Bertz CT molecular complexity index is 660. The molecule has 2 aromatic carbocycles. The van der Waals surface area contributed by atoms with Crippen LogP contribution in [0.2, 0.25) is 0 Å². The summed E-state index contributed by atoms with van der Waals surface area (Å²) in [5, 5.41) is 8.93. The zero-order chi connectivity index (χ0) is 15.2. The van der Waals surface area contributed by atoms with E-state index in [-0.39, 0.29) is 5.91 Å². The van der Waals surface area contributed by atoms with Gasteiger partial charge < -0.3 is 9.64 Å². The van der Waals surface area contributed by atoms with E-state index in [4.69, 9.17) is 10.00 Å². The average molecular weight is 280 g/mol. The molecule has 4 nitrogen and oxygen atoms in total. The standard InChI is InChI=1S/C17H16N2O2/c1-19(2)17(20)16(14-8-4-3-5-9-14)21-15-10-6-7-13(11-15)12-18/h3-11,16H,1-2H3/t16-/m1/s1. The van der Waals surface area contributed by atoms with Crippen LogP contribution in [0, 0.1) is 11.3 Å². The number of likely N-dealkylation sites (N-methyl/N-ethyl adjacent to an activating group) is 1. The van der Waals surface area contributed by atoms with Crippen molar-refractivity contribution in [2.24, 2.45) is 0 Å². The molecule has 21 heavy (non-hydrogen) atoms. The van der Waals surface area contributed by atoms with E-state index < -0.39 is 6.10 Å². The summed E-state index contributed by atoms with van der Waals surface area (Å²) in [7, 11) is 3.38. The first-order valence-electron chi connectivity index (χ1n) is 6.54. The van der Waals surface area contributed by atoms with E-state index in [1.807, 2.05) is 30.3 Å². The second-order valence-electron chi connectivity index (χ2n) is 4.78. The van der Waals surface area contributed by atoms with Crippen LogP contribution in [0.5, 0.6) is 5.75 Å². The summed E-state index contributed by atoms with van der Waals surface area (Å²) in [4.78, 5) is 13.8. The van der Waals surface area contributed by atoms with Gasteiger partial charge in [-0.1, -0.05) is 36.4 Å². The summed E-state index contributed by atoms with van der Waals surface area (Å²) >= 11 is 0. The highest BCUT2D eigenvalue weighted by atomic mass is 16.5. The summed E-state index contributed by atoms with van der Waals surface area (Å²) in [6.07, 6.45) is -0.727. The highest BCUT2D eigenvalue weighted by Crippen LogP contribution is 2.24. The van der Waals surface area contributed by atoms with Gasteiger partial charge >= 0.3 is 0 Å². The molecular formula is C17H16N2O2. The molecule has 0 saturated heterocycles. The van der Waals surface area contributed by atoms with Gasteiger partial charge in [0.1, 0.15) is 5.75 Å². The zero-order valence-electron chi connectivity index (χ0n) is 12.0. The highest BCUT2D eigenvalue weighted by Gasteiger charge is 2.24. The maximum Gasteiger partial charge on any atom is 0.267 e. The minimum absolute atomic E-state index is 0.149. The van der Waals surface area contributed by atoms with Crippen molar-refractivity contribution in [1.82, 2.24) is 4.90 Å². The number of rotatable bonds is 4. The molecule has 106 valence electrons. The van der Waals surface area contributed by atoms with Gasteiger partial charge in [-0.15, -0.1) is 0 Å². The molecular weight excluding hydrogens is 264 g/mol. The summed E-state index contributed by atoms with van der Waals surface area (Å²) in [5.41, 5.74) is 1.27. The first-order valence-corrected chi connectivity index (χ1v) is 6.54. The molecule has 0 bridgehead atoms. The van der Waals surface area contributed by atoms with Gasteiger partial charge in [0.2, 0.25) is 6.10 Å². The van der Waals surface area contributed by atoms with Crippen molar-refractivity contribution in [3.63, 3.8) is 0 Å². The van der Waals surface area contributed by atoms with E-state index in [1.54, 1.807) is 38.4 Å². The minimum Gasteiger partial charge on any atom is -0.476 e. The Morgan fingerprint density at radius 1 is 1.14 bits per heavy atom. The fraction of sp³-hybridized carbons (Fsp3) is 0.176. The van der Waals surface area contributed by atoms with Gasteiger partial charge in [0.15, 0.2) is 0 Å². The van der Waals surface area contributed by atoms with Gasteiger partial charge in [0, 0.05) is 19.7 Å². The second kappa shape index (κ2) is 6.58. The Labute approximate surface area is 124 Å². The third-order valence-electron chi connectivity index (χ3n) is 2.98. The Morgan fingerprint density at radius 2 is 1.86 bits per heavy atom. The lowest BCUT2D eigenvalue weighted by Gasteiger charge is -2.22. The lowest BCUT2D eigenvalue weighted by Crippen LogP contribution is -2.31. The first-order chi connectivity index (χ1) is 10.1. The largest absolute Gasteiger partial charge is 0.476 e.